The van der Waals surface area contributed by atoms with Crippen LogP contribution in [0.2, 0.25) is 0 Å². The molecule has 17 heteroatoms. The van der Waals surface area contributed by atoms with Crippen molar-refractivity contribution in [1.29, 1.82) is 0 Å². The Labute approximate surface area is 448 Å². The van der Waals surface area contributed by atoms with E-state index in [0.29, 0.717) is 29.4 Å². The average molecular weight is 1050 g/mol. The first kappa shape index (κ1) is 52.5. The molecular weight excluding hydrogens is 977 g/mol. The molecule has 0 amide bonds. The Kier molecular flexibility index (Phi) is 16.1. The largest absolute Gasteiger partial charge is 0.496 e. The van der Waals surface area contributed by atoms with Gasteiger partial charge in [-0.05, 0) is 92.8 Å². The number of benzene rings is 4. The maximum absolute atomic E-state index is 12.1. The van der Waals surface area contributed by atoms with E-state index in [1.165, 1.54) is 44.0 Å². The second-order valence-corrected chi connectivity index (χ2v) is 20.1. The fourth-order valence-corrected chi connectivity index (χ4v) is 10.7. The first-order valence-corrected chi connectivity index (χ1v) is 26.6. The second-order valence-electron chi connectivity index (χ2n) is 20.1. The summed E-state index contributed by atoms with van der Waals surface area (Å²) in [5.74, 6) is 3.85. The van der Waals surface area contributed by atoms with Crippen molar-refractivity contribution < 1.29 is 42.4 Å². The van der Waals surface area contributed by atoms with Gasteiger partial charge in [-0.3, -0.25) is 4.90 Å². The van der Waals surface area contributed by atoms with Crippen LogP contribution in [-0.4, -0.2) is 130 Å². The van der Waals surface area contributed by atoms with E-state index in [1.807, 2.05) is 90.2 Å². The summed E-state index contributed by atoms with van der Waals surface area (Å²) in [4.78, 5) is 42.1. The maximum Gasteiger partial charge on any atom is 0.340 e. The summed E-state index contributed by atoms with van der Waals surface area (Å²) in [5, 5.41) is 13.9. The summed E-state index contributed by atoms with van der Waals surface area (Å²) in [6.07, 6.45) is 10.4. The van der Waals surface area contributed by atoms with Gasteiger partial charge in [-0.15, -0.1) is 0 Å². The summed E-state index contributed by atoms with van der Waals surface area (Å²) < 4.78 is 36.1. The highest BCUT2D eigenvalue weighted by Gasteiger charge is 2.34. The fraction of sp³-hybridized carbons (Fsp3) is 0.383. The number of hydrogen-bond donors (Lipinski definition) is 1. The number of fused-ring (bicyclic) bond motifs is 2. The number of piperazine rings is 2. The minimum Gasteiger partial charge on any atom is -0.496 e. The summed E-state index contributed by atoms with van der Waals surface area (Å²) in [6, 6.07) is 28.3. The number of nitrogens with one attached hydrogen (secondary N) is 1. The number of ether oxygens (including phenoxy) is 4. The van der Waals surface area contributed by atoms with Gasteiger partial charge >= 0.3 is 11.9 Å². The number of nitrogens with zero attached hydrogens (tertiary/aromatic N) is 7. The highest BCUT2D eigenvalue weighted by Crippen LogP contribution is 2.46. The number of aryl methyl sites for hydroxylation is 2. The Bertz CT molecular complexity index is 3370. The van der Waals surface area contributed by atoms with Crippen molar-refractivity contribution in [3.05, 3.63) is 131 Å². The summed E-state index contributed by atoms with van der Waals surface area (Å²) >= 11 is 0. The Hall–Kier alpha value is -7.89. The molecule has 17 nitrogen and oxygen atoms in total. The van der Waals surface area contributed by atoms with Crippen LogP contribution in [0.3, 0.4) is 0 Å². The highest BCUT2D eigenvalue weighted by molar-refractivity contribution is 6.06. The van der Waals surface area contributed by atoms with Gasteiger partial charge in [0.25, 0.3) is 0 Å². The summed E-state index contributed by atoms with van der Waals surface area (Å²) in [7, 11) is 10.1. The van der Waals surface area contributed by atoms with Crippen LogP contribution in [0.4, 0.5) is 11.4 Å². The molecule has 4 aromatic heterocycles. The molecule has 2 saturated heterocycles. The number of carbonyl (C=O) groups is 3. The lowest BCUT2D eigenvalue weighted by molar-refractivity contribution is -0.107. The van der Waals surface area contributed by atoms with Crippen LogP contribution >= 0.6 is 0 Å². The normalized spacial score (nSPS) is 15.6. The molecule has 4 aromatic carbocycles. The van der Waals surface area contributed by atoms with Crippen molar-refractivity contribution in [2.75, 3.05) is 97.1 Å². The Morgan fingerprint density at radius 2 is 1.09 bits per heavy atom. The molecule has 2 aliphatic heterocycles. The number of esters is 2. The third-order valence-electron chi connectivity index (χ3n) is 15.2. The molecular formula is C60H68N8O9. The average Bonchev–Trinajstić information content (AvgIpc) is 4.39. The van der Waals surface area contributed by atoms with E-state index in [-0.39, 0.29) is 11.9 Å². The van der Waals surface area contributed by atoms with E-state index in [4.69, 9.17) is 28.0 Å². The van der Waals surface area contributed by atoms with Gasteiger partial charge in [0, 0.05) is 148 Å². The fourth-order valence-electron chi connectivity index (χ4n) is 10.7. The van der Waals surface area contributed by atoms with Gasteiger partial charge in [-0.25, -0.2) is 9.59 Å². The first-order valence-electron chi connectivity index (χ1n) is 26.6. The molecule has 2 aliphatic carbocycles. The van der Waals surface area contributed by atoms with Crippen molar-refractivity contribution in [3.8, 4) is 34.0 Å². The third kappa shape index (κ3) is 11.3. The molecule has 6 heterocycles. The molecule has 0 atom stereocenters. The zero-order chi connectivity index (χ0) is 53.6. The quantitative estimate of drug-likeness (QED) is 0.0760. The predicted octanol–water partition coefficient (Wildman–Crippen LogP) is 9.21. The van der Waals surface area contributed by atoms with Crippen LogP contribution in [0.5, 0.6) is 11.5 Å². The number of aromatic nitrogens is 4. The highest BCUT2D eigenvalue weighted by atomic mass is 16.5. The first-order chi connectivity index (χ1) is 37.6. The number of para-hydroxylation sites is 2. The Morgan fingerprint density at radius 3 is 1.56 bits per heavy atom. The molecule has 402 valence electrons. The molecule has 2 saturated carbocycles. The van der Waals surface area contributed by atoms with Gasteiger partial charge in [-0.1, -0.05) is 34.6 Å². The third-order valence-corrected chi connectivity index (χ3v) is 15.2. The van der Waals surface area contributed by atoms with E-state index in [2.05, 4.69) is 60.7 Å². The molecule has 4 aliphatic rings. The van der Waals surface area contributed by atoms with Gasteiger partial charge in [0.1, 0.15) is 40.7 Å². The van der Waals surface area contributed by atoms with Crippen LogP contribution in [0.25, 0.3) is 44.3 Å². The van der Waals surface area contributed by atoms with E-state index in [1.54, 1.807) is 14.2 Å². The van der Waals surface area contributed by atoms with Crippen LogP contribution in [0.15, 0.2) is 106 Å². The van der Waals surface area contributed by atoms with Crippen molar-refractivity contribution >= 4 is 51.4 Å². The molecule has 12 rings (SSSR count). The number of aldehydes is 1. The molecule has 0 spiro atoms. The van der Waals surface area contributed by atoms with Gasteiger partial charge in [-0.2, -0.15) is 0 Å². The Morgan fingerprint density at radius 1 is 0.623 bits per heavy atom. The van der Waals surface area contributed by atoms with Crippen molar-refractivity contribution in [1.82, 2.24) is 29.7 Å². The van der Waals surface area contributed by atoms with Crippen LogP contribution < -0.4 is 24.6 Å². The zero-order valence-corrected chi connectivity index (χ0v) is 44.9. The van der Waals surface area contributed by atoms with Crippen LogP contribution in [0.1, 0.15) is 80.9 Å². The molecule has 4 fully saturated rings. The lowest BCUT2D eigenvalue weighted by Crippen LogP contribution is -2.47. The topological polar surface area (TPSA) is 172 Å². The smallest absolute Gasteiger partial charge is 0.340 e. The number of carbonyl (C=O) groups excluding carboxylic acids is 3. The number of anilines is 2. The van der Waals surface area contributed by atoms with Crippen LogP contribution in [-0.2, 0) is 41.2 Å². The van der Waals surface area contributed by atoms with Crippen molar-refractivity contribution in [2.24, 2.45) is 14.1 Å². The lowest BCUT2D eigenvalue weighted by atomic mass is 10.0. The molecule has 0 unspecified atom stereocenters. The molecule has 0 bridgehead atoms. The SMILES string of the molecule is COC(=O)c1cn(C)c2cc(N3CCN(CCc4c(-c5ccccc5OC)noc4C4CC4)CC3)ccc12.COC(=O)c1cn(C)c2cc(N3CCNCC3)ccc12.COc1ccccc1-c1noc(C2CC2)c1CC=O. The van der Waals surface area contributed by atoms with Gasteiger partial charge in [0.15, 0.2) is 0 Å². The van der Waals surface area contributed by atoms with E-state index < -0.39 is 0 Å². The lowest BCUT2D eigenvalue weighted by Gasteiger charge is -2.36. The number of methoxy groups -OCH3 is 4. The monoisotopic (exact) mass is 1040 g/mol. The van der Waals surface area contributed by atoms with E-state index in [9.17, 15) is 14.4 Å². The summed E-state index contributed by atoms with van der Waals surface area (Å²) in [5.41, 5.74) is 11.4. The van der Waals surface area contributed by atoms with Crippen LogP contribution in [0, 0.1) is 0 Å². The number of hydrogen-bond acceptors (Lipinski definition) is 15. The minimum absolute atomic E-state index is 0.287. The van der Waals surface area contributed by atoms with Gasteiger partial charge in [0.05, 0.1) is 50.6 Å². The van der Waals surface area contributed by atoms with Gasteiger partial charge in [0.2, 0.25) is 0 Å². The Balaban J connectivity index is 0.000000145. The van der Waals surface area contributed by atoms with E-state index >= 15 is 0 Å². The predicted molar refractivity (Wildman–Crippen MR) is 297 cm³/mol. The minimum atomic E-state index is -0.302. The van der Waals surface area contributed by atoms with Crippen molar-refractivity contribution in [3.63, 3.8) is 0 Å². The summed E-state index contributed by atoms with van der Waals surface area (Å²) in [6.45, 7) is 8.92. The zero-order valence-electron chi connectivity index (χ0n) is 44.9. The van der Waals surface area contributed by atoms with Crippen molar-refractivity contribution in [2.45, 2.75) is 50.4 Å². The molecule has 0 radical (unpaired) electrons. The van der Waals surface area contributed by atoms with Gasteiger partial charge < -0.3 is 57.0 Å². The molecule has 1 N–H and O–H groups in total. The van der Waals surface area contributed by atoms with E-state index in [0.717, 1.165) is 157 Å². The standard InChI is InChI=1S/C30H34N4O4.C15H19N3O2.C15H15NO3/c1-32-19-25(30(35)37-3)22-11-10-21(18-26(22)32)34-16-14-33(15-17-34)13-12-24-28(31-38-29(24)20-8-9-20)23-6-4-5-7-27(23)36-2;1-17-10-13(15(19)20-2)12-4-3-11(9-14(12)17)18-7-5-16-6-8-18;1-18-13-5-3-2-4-11(13)14-12(8-9-17)15(19-16-14)10-6-7-10/h4-7,10-11,18-20H,8-9,12-17H2,1-3H3;3-4,9-10,16H,5-8H2,1-2H3;2-5,9-10H,6-8H2,1H3. The number of rotatable bonds is 15. The second kappa shape index (κ2) is 23.6. The molecule has 77 heavy (non-hydrogen) atoms. The molecule has 8 aromatic rings. The maximum atomic E-state index is 12.1.